The lowest BCUT2D eigenvalue weighted by Gasteiger charge is -2.36. The number of rotatable bonds is 3. The summed E-state index contributed by atoms with van der Waals surface area (Å²) < 4.78 is 0. The Kier molecular flexibility index (Phi) is 3.60. The van der Waals surface area contributed by atoms with Crippen LogP contribution in [0.4, 0.5) is 11.5 Å². The third-order valence-electron chi connectivity index (χ3n) is 4.94. The van der Waals surface area contributed by atoms with Crippen molar-refractivity contribution in [3.8, 4) is 0 Å². The molecule has 2 aliphatic heterocycles. The molecule has 3 aliphatic rings. The summed E-state index contributed by atoms with van der Waals surface area (Å²) in [6, 6.07) is 2.15. The molecular formula is C16H23N5O. The van der Waals surface area contributed by atoms with Crippen molar-refractivity contribution < 1.29 is 4.79 Å². The van der Waals surface area contributed by atoms with Gasteiger partial charge >= 0.3 is 0 Å². The van der Waals surface area contributed by atoms with Gasteiger partial charge in [0.05, 0.1) is 11.9 Å². The van der Waals surface area contributed by atoms with Crippen LogP contribution in [0.5, 0.6) is 0 Å². The first-order valence-corrected chi connectivity index (χ1v) is 8.43. The van der Waals surface area contributed by atoms with Crippen molar-refractivity contribution >= 4 is 17.4 Å². The molecule has 3 fully saturated rings. The van der Waals surface area contributed by atoms with Gasteiger partial charge in [0.15, 0.2) is 5.82 Å². The summed E-state index contributed by atoms with van der Waals surface area (Å²) in [6.45, 7) is 5.62. The van der Waals surface area contributed by atoms with Crippen molar-refractivity contribution in [2.45, 2.75) is 25.7 Å². The molecule has 0 atom stereocenters. The van der Waals surface area contributed by atoms with E-state index in [9.17, 15) is 4.79 Å². The average molecular weight is 301 g/mol. The van der Waals surface area contributed by atoms with Gasteiger partial charge in [0.2, 0.25) is 5.91 Å². The minimum absolute atomic E-state index is 0.330. The first kappa shape index (κ1) is 13.8. The maximum Gasteiger partial charge on any atom is 0.225 e. The Morgan fingerprint density at radius 1 is 1.00 bits per heavy atom. The maximum atomic E-state index is 12.1. The molecule has 0 aromatic carbocycles. The molecular weight excluding hydrogens is 278 g/mol. The minimum atomic E-state index is 0.330. The number of carbonyl (C=O) groups excluding carboxylic acids is 1. The number of anilines is 2. The van der Waals surface area contributed by atoms with Crippen LogP contribution < -0.4 is 9.80 Å². The Labute approximate surface area is 131 Å². The molecule has 0 N–H and O–H groups in total. The van der Waals surface area contributed by atoms with Gasteiger partial charge in [-0.25, -0.2) is 0 Å². The highest BCUT2D eigenvalue weighted by Crippen LogP contribution is 2.31. The summed E-state index contributed by atoms with van der Waals surface area (Å²) in [4.78, 5) is 18.8. The fourth-order valence-corrected chi connectivity index (χ4v) is 3.39. The summed E-state index contributed by atoms with van der Waals surface area (Å²) >= 11 is 0. The molecule has 1 aromatic heterocycles. The van der Waals surface area contributed by atoms with Crippen LogP contribution in [0.1, 0.15) is 25.7 Å². The van der Waals surface area contributed by atoms with E-state index in [0.717, 1.165) is 63.6 Å². The standard InChI is InChI=1S/C16H23N5O/c22-16(13-3-4-13)21-9-7-19(8-10-21)14-11-15(18-17-12-14)20-5-1-2-6-20/h11-13H,1-10H2. The quantitative estimate of drug-likeness (QED) is 0.838. The molecule has 0 unspecified atom stereocenters. The van der Waals surface area contributed by atoms with E-state index in [4.69, 9.17) is 0 Å². The number of aromatic nitrogens is 2. The van der Waals surface area contributed by atoms with Crippen LogP contribution in [0.2, 0.25) is 0 Å². The molecule has 6 heteroatoms. The first-order valence-electron chi connectivity index (χ1n) is 8.43. The fraction of sp³-hybridized carbons (Fsp3) is 0.688. The highest BCUT2D eigenvalue weighted by Gasteiger charge is 2.34. The van der Waals surface area contributed by atoms with Crippen molar-refractivity contribution in [3.63, 3.8) is 0 Å². The lowest BCUT2D eigenvalue weighted by Crippen LogP contribution is -2.49. The smallest absolute Gasteiger partial charge is 0.225 e. The van der Waals surface area contributed by atoms with Gasteiger partial charge in [0.1, 0.15) is 0 Å². The predicted molar refractivity (Wildman–Crippen MR) is 85.0 cm³/mol. The van der Waals surface area contributed by atoms with Gasteiger partial charge in [-0.2, -0.15) is 5.10 Å². The number of hydrogen-bond donors (Lipinski definition) is 0. The van der Waals surface area contributed by atoms with E-state index in [1.54, 1.807) is 0 Å². The van der Waals surface area contributed by atoms with E-state index >= 15 is 0 Å². The zero-order valence-electron chi connectivity index (χ0n) is 12.9. The van der Waals surface area contributed by atoms with Gasteiger partial charge in [0.25, 0.3) is 0 Å². The average Bonchev–Trinajstić information content (AvgIpc) is 3.28. The summed E-state index contributed by atoms with van der Waals surface area (Å²) in [7, 11) is 0. The largest absolute Gasteiger partial charge is 0.367 e. The zero-order chi connectivity index (χ0) is 14.9. The van der Waals surface area contributed by atoms with E-state index in [0.29, 0.717) is 11.8 Å². The normalized spacial score (nSPS) is 22.3. The molecule has 118 valence electrons. The third kappa shape index (κ3) is 2.74. The van der Waals surface area contributed by atoms with E-state index in [1.807, 2.05) is 11.1 Å². The van der Waals surface area contributed by atoms with Crippen molar-refractivity contribution in [2.75, 3.05) is 49.1 Å². The monoisotopic (exact) mass is 301 g/mol. The van der Waals surface area contributed by atoms with Gasteiger partial charge in [-0.15, -0.1) is 5.10 Å². The predicted octanol–water partition coefficient (Wildman–Crippen LogP) is 1.14. The fourth-order valence-electron chi connectivity index (χ4n) is 3.39. The summed E-state index contributed by atoms with van der Waals surface area (Å²) in [5.74, 6) is 1.69. The molecule has 1 aliphatic carbocycles. The Morgan fingerprint density at radius 2 is 1.73 bits per heavy atom. The van der Waals surface area contributed by atoms with Crippen molar-refractivity contribution in [2.24, 2.45) is 5.92 Å². The number of amides is 1. The van der Waals surface area contributed by atoms with Gasteiger partial charge < -0.3 is 14.7 Å². The first-order chi connectivity index (χ1) is 10.8. The second-order valence-corrected chi connectivity index (χ2v) is 6.55. The van der Waals surface area contributed by atoms with Gasteiger partial charge in [-0.05, 0) is 25.7 Å². The SMILES string of the molecule is O=C(C1CC1)N1CCN(c2cnnc(N3CCCC3)c2)CC1. The number of piperazine rings is 1. The molecule has 2 saturated heterocycles. The summed E-state index contributed by atoms with van der Waals surface area (Å²) in [6.07, 6.45) is 6.51. The van der Waals surface area contributed by atoms with Crippen molar-refractivity contribution in [3.05, 3.63) is 12.3 Å². The van der Waals surface area contributed by atoms with Crippen molar-refractivity contribution in [1.82, 2.24) is 15.1 Å². The Hall–Kier alpha value is -1.85. The number of carbonyl (C=O) groups is 1. The lowest BCUT2D eigenvalue weighted by molar-refractivity contribution is -0.132. The van der Waals surface area contributed by atoms with Crippen LogP contribution in [0.25, 0.3) is 0 Å². The highest BCUT2D eigenvalue weighted by atomic mass is 16.2. The van der Waals surface area contributed by atoms with Crippen LogP contribution in [-0.2, 0) is 4.79 Å². The highest BCUT2D eigenvalue weighted by molar-refractivity contribution is 5.81. The van der Waals surface area contributed by atoms with Gasteiger partial charge in [0, 0.05) is 51.3 Å². The molecule has 3 heterocycles. The Bertz CT molecular complexity index is 545. The van der Waals surface area contributed by atoms with Crippen LogP contribution in [0, 0.1) is 5.92 Å². The zero-order valence-corrected chi connectivity index (χ0v) is 12.9. The van der Waals surface area contributed by atoms with Crippen LogP contribution >= 0.6 is 0 Å². The Balaban J connectivity index is 1.40. The number of nitrogens with zero attached hydrogens (tertiary/aromatic N) is 5. The van der Waals surface area contributed by atoms with E-state index in [2.05, 4.69) is 26.1 Å². The van der Waals surface area contributed by atoms with Gasteiger partial charge in [-0.3, -0.25) is 4.79 Å². The van der Waals surface area contributed by atoms with Gasteiger partial charge in [-0.1, -0.05) is 0 Å². The minimum Gasteiger partial charge on any atom is -0.367 e. The molecule has 1 saturated carbocycles. The lowest BCUT2D eigenvalue weighted by atomic mass is 10.2. The van der Waals surface area contributed by atoms with Crippen LogP contribution in [0.3, 0.4) is 0 Å². The molecule has 1 aromatic rings. The molecule has 0 radical (unpaired) electrons. The second kappa shape index (κ2) is 5.74. The van der Waals surface area contributed by atoms with E-state index in [-0.39, 0.29) is 0 Å². The second-order valence-electron chi connectivity index (χ2n) is 6.55. The third-order valence-corrected chi connectivity index (χ3v) is 4.94. The van der Waals surface area contributed by atoms with Crippen molar-refractivity contribution in [1.29, 1.82) is 0 Å². The Morgan fingerprint density at radius 3 is 2.41 bits per heavy atom. The topological polar surface area (TPSA) is 52.6 Å². The molecule has 4 rings (SSSR count). The molecule has 6 nitrogen and oxygen atoms in total. The summed E-state index contributed by atoms with van der Waals surface area (Å²) in [5.41, 5.74) is 1.13. The van der Waals surface area contributed by atoms with Crippen LogP contribution in [-0.4, -0.2) is 60.3 Å². The molecule has 0 spiro atoms. The maximum absolute atomic E-state index is 12.1. The van der Waals surface area contributed by atoms with Crippen LogP contribution in [0.15, 0.2) is 12.3 Å². The van der Waals surface area contributed by atoms with E-state index < -0.39 is 0 Å². The molecule has 0 bridgehead atoms. The van der Waals surface area contributed by atoms with E-state index in [1.165, 1.54) is 12.8 Å². The number of hydrogen-bond acceptors (Lipinski definition) is 5. The molecule has 1 amide bonds. The summed E-state index contributed by atoms with van der Waals surface area (Å²) in [5, 5.41) is 8.46. The molecule has 22 heavy (non-hydrogen) atoms.